The van der Waals surface area contributed by atoms with E-state index in [0.717, 1.165) is 18.6 Å². The van der Waals surface area contributed by atoms with Crippen LogP contribution < -0.4 is 16.2 Å². The van der Waals surface area contributed by atoms with E-state index >= 15 is 0 Å². The zero-order valence-corrected chi connectivity index (χ0v) is 17.6. The highest BCUT2D eigenvalue weighted by Gasteiger charge is 2.24. The molecule has 3 aromatic rings. The average Bonchev–Trinajstić information content (AvgIpc) is 3.23. The highest BCUT2D eigenvalue weighted by atomic mass is 35.5. The van der Waals surface area contributed by atoms with E-state index in [1.165, 1.54) is 6.20 Å². The van der Waals surface area contributed by atoms with E-state index in [1.54, 1.807) is 29.2 Å². The minimum Gasteiger partial charge on any atom is -0.470 e. The maximum absolute atomic E-state index is 14.0. The van der Waals surface area contributed by atoms with Crippen molar-refractivity contribution in [3.8, 4) is 17.1 Å². The zero-order chi connectivity index (χ0) is 22.8. The summed E-state index contributed by atoms with van der Waals surface area (Å²) in [5, 5.41) is -0.375. The molecule has 1 amide bonds. The summed E-state index contributed by atoms with van der Waals surface area (Å²) in [5.74, 6) is -1.69. The van der Waals surface area contributed by atoms with Crippen LogP contribution in [0.3, 0.4) is 0 Å². The van der Waals surface area contributed by atoms with Crippen LogP contribution in [0.1, 0.15) is 22.3 Å². The Bertz CT molecular complexity index is 1180. The number of nitrogens with two attached hydrogens (primary N) is 2. The Morgan fingerprint density at radius 3 is 2.78 bits per heavy atom. The fourth-order valence-corrected chi connectivity index (χ4v) is 3.64. The van der Waals surface area contributed by atoms with E-state index in [1.807, 2.05) is 0 Å². The normalized spacial score (nSPS) is 15.8. The molecular formula is C22H20ClF2N5O2. The third kappa shape index (κ3) is 4.49. The second-order valence-electron chi connectivity index (χ2n) is 7.44. The largest absolute Gasteiger partial charge is 0.470 e. The Morgan fingerprint density at radius 2 is 2.03 bits per heavy atom. The van der Waals surface area contributed by atoms with Crippen LogP contribution in [0.5, 0.6) is 5.88 Å². The van der Waals surface area contributed by atoms with E-state index < -0.39 is 18.2 Å². The van der Waals surface area contributed by atoms with E-state index in [2.05, 4.69) is 9.97 Å². The Hall–Kier alpha value is -3.30. The van der Waals surface area contributed by atoms with Crippen molar-refractivity contribution in [2.45, 2.75) is 19.1 Å². The first kappa shape index (κ1) is 21.9. The molecule has 0 bridgehead atoms. The van der Waals surface area contributed by atoms with Crippen molar-refractivity contribution in [2.24, 2.45) is 5.73 Å². The van der Waals surface area contributed by atoms with Crippen molar-refractivity contribution >= 4 is 23.3 Å². The van der Waals surface area contributed by atoms with Crippen molar-refractivity contribution < 1.29 is 18.3 Å². The zero-order valence-electron chi connectivity index (χ0n) is 16.9. The summed E-state index contributed by atoms with van der Waals surface area (Å²) in [7, 11) is 0. The lowest BCUT2D eigenvalue weighted by atomic mass is 10.1. The minimum atomic E-state index is -0.764. The third-order valence-corrected chi connectivity index (χ3v) is 5.59. The quantitative estimate of drug-likeness (QED) is 0.566. The molecule has 1 aliphatic rings. The molecule has 2 heterocycles. The van der Waals surface area contributed by atoms with E-state index in [9.17, 15) is 13.6 Å². The van der Waals surface area contributed by atoms with Gasteiger partial charge in [0.15, 0.2) is 5.82 Å². The van der Waals surface area contributed by atoms with Gasteiger partial charge < -0.3 is 21.1 Å². The third-order valence-electron chi connectivity index (χ3n) is 5.18. The first-order valence-corrected chi connectivity index (χ1v) is 10.2. The summed E-state index contributed by atoms with van der Waals surface area (Å²) in [6.07, 6.45) is 2.21. The lowest BCUT2D eigenvalue weighted by Crippen LogP contribution is -2.31. The summed E-state index contributed by atoms with van der Waals surface area (Å²) < 4.78 is 33.1. The molecular weight excluding hydrogens is 440 g/mol. The van der Waals surface area contributed by atoms with Crippen molar-refractivity contribution in [1.82, 2.24) is 14.9 Å². The number of carbonyl (C=O) groups excluding carboxylic acids is 1. The Morgan fingerprint density at radius 1 is 1.25 bits per heavy atom. The molecule has 1 aliphatic heterocycles. The number of hydrogen-bond acceptors (Lipinski definition) is 6. The van der Waals surface area contributed by atoms with Gasteiger partial charge in [0.2, 0.25) is 0 Å². The molecule has 7 nitrogen and oxygen atoms in total. The van der Waals surface area contributed by atoms with Gasteiger partial charge in [-0.3, -0.25) is 4.79 Å². The predicted molar refractivity (Wildman–Crippen MR) is 116 cm³/mol. The number of aromatic nitrogens is 2. The van der Waals surface area contributed by atoms with Gasteiger partial charge >= 0.3 is 0 Å². The number of rotatable bonds is 5. The molecule has 0 spiro atoms. The molecule has 4 N–H and O–H groups in total. The van der Waals surface area contributed by atoms with Crippen LogP contribution in [0, 0.1) is 11.6 Å². The summed E-state index contributed by atoms with van der Waals surface area (Å²) >= 11 is 5.84. The number of nitrogen functional groups attached to an aromatic ring is 1. The molecule has 2 aromatic carbocycles. The van der Waals surface area contributed by atoms with Gasteiger partial charge in [-0.2, -0.15) is 0 Å². The number of benzene rings is 2. The molecule has 1 saturated heterocycles. The van der Waals surface area contributed by atoms with Gasteiger partial charge in [-0.25, -0.2) is 18.7 Å². The van der Waals surface area contributed by atoms with Crippen LogP contribution in [0.4, 0.5) is 14.6 Å². The average molecular weight is 460 g/mol. The molecule has 0 aliphatic carbocycles. The van der Waals surface area contributed by atoms with Crippen molar-refractivity contribution in [3.63, 3.8) is 0 Å². The number of ether oxygens (including phenoxy) is 1. The highest BCUT2D eigenvalue weighted by molar-refractivity contribution is 6.31. The van der Waals surface area contributed by atoms with Gasteiger partial charge in [-0.05, 0) is 30.7 Å². The standard InChI is InChI=1S/C22H20ClF2N5O2/c23-19-15(16(24)4-5-17(19)25)11-32-21-20(27)28-9-18(29-21)12-2-1-3-13(8-12)22(31)30-7-6-14(26)10-30/h1-5,8-9,14H,6-7,10-11,26H2,(H2,27,28). The number of hydrogen-bond donors (Lipinski definition) is 2. The maximum atomic E-state index is 14.0. The van der Waals surface area contributed by atoms with Crippen LogP contribution in [-0.2, 0) is 6.61 Å². The molecule has 1 fully saturated rings. The van der Waals surface area contributed by atoms with Gasteiger partial charge in [0.25, 0.3) is 11.8 Å². The Balaban J connectivity index is 1.57. The topological polar surface area (TPSA) is 107 Å². The molecule has 10 heteroatoms. The fourth-order valence-electron chi connectivity index (χ4n) is 3.43. The number of carbonyl (C=O) groups is 1. The first-order valence-electron chi connectivity index (χ1n) is 9.86. The molecule has 166 valence electrons. The number of amides is 1. The van der Waals surface area contributed by atoms with Gasteiger partial charge in [0, 0.05) is 35.8 Å². The Labute approximate surface area is 188 Å². The second kappa shape index (κ2) is 9.05. The Kier molecular flexibility index (Phi) is 6.20. The molecule has 1 unspecified atom stereocenters. The lowest BCUT2D eigenvalue weighted by Gasteiger charge is -2.16. The van der Waals surface area contributed by atoms with Crippen molar-refractivity contribution in [1.29, 1.82) is 0 Å². The predicted octanol–water partition coefficient (Wildman–Crippen LogP) is 3.41. The SMILES string of the molecule is Nc1ncc(-c2cccc(C(=O)N3CCC(N)C3)c2)nc1OCc1c(F)ccc(F)c1Cl. The van der Waals surface area contributed by atoms with Crippen LogP contribution in [0.15, 0.2) is 42.6 Å². The highest BCUT2D eigenvalue weighted by Crippen LogP contribution is 2.27. The summed E-state index contributed by atoms with van der Waals surface area (Å²) in [6.45, 7) is 0.740. The molecule has 0 saturated carbocycles. The van der Waals surface area contributed by atoms with Crippen LogP contribution in [-0.4, -0.2) is 39.9 Å². The molecule has 1 aromatic heterocycles. The molecule has 32 heavy (non-hydrogen) atoms. The van der Waals surface area contributed by atoms with Crippen molar-refractivity contribution in [2.75, 3.05) is 18.8 Å². The van der Waals surface area contributed by atoms with Crippen LogP contribution in [0.25, 0.3) is 11.3 Å². The van der Waals surface area contributed by atoms with Crippen molar-refractivity contribution in [3.05, 3.63) is 70.4 Å². The van der Waals surface area contributed by atoms with Gasteiger partial charge in [-0.1, -0.05) is 23.7 Å². The summed E-state index contributed by atoms with van der Waals surface area (Å²) in [6, 6.07) is 8.78. The number of nitrogens with zero attached hydrogens (tertiary/aromatic N) is 3. The molecule has 1 atom stereocenters. The maximum Gasteiger partial charge on any atom is 0.258 e. The van der Waals surface area contributed by atoms with Crippen LogP contribution in [0.2, 0.25) is 5.02 Å². The minimum absolute atomic E-state index is 0.0127. The number of halogens is 3. The van der Waals surface area contributed by atoms with E-state index in [-0.39, 0.29) is 34.2 Å². The number of anilines is 1. The summed E-state index contributed by atoms with van der Waals surface area (Å²) in [4.78, 5) is 22.9. The number of likely N-dealkylation sites (tertiary alicyclic amines) is 1. The molecule has 0 radical (unpaired) electrons. The summed E-state index contributed by atoms with van der Waals surface area (Å²) in [5.41, 5.74) is 13.1. The first-order chi connectivity index (χ1) is 15.3. The van der Waals surface area contributed by atoms with Gasteiger partial charge in [0.1, 0.15) is 18.2 Å². The second-order valence-corrected chi connectivity index (χ2v) is 7.81. The van der Waals surface area contributed by atoms with E-state index in [4.69, 9.17) is 27.8 Å². The monoisotopic (exact) mass is 459 g/mol. The smallest absolute Gasteiger partial charge is 0.258 e. The van der Waals surface area contributed by atoms with Gasteiger partial charge in [0.05, 0.1) is 16.9 Å². The van der Waals surface area contributed by atoms with Gasteiger partial charge in [-0.15, -0.1) is 0 Å². The lowest BCUT2D eigenvalue weighted by molar-refractivity contribution is 0.0791. The van der Waals surface area contributed by atoms with Crippen LogP contribution >= 0.6 is 11.6 Å². The fraction of sp³-hybridized carbons (Fsp3) is 0.227. The molecule has 4 rings (SSSR count). The van der Waals surface area contributed by atoms with E-state index in [0.29, 0.717) is 29.9 Å².